The van der Waals surface area contributed by atoms with Gasteiger partial charge in [0.1, 0.15) is 18.3 Å². The molecule has 0 aliphatic heterocycles. The molecule has 0 saturated carbocycles. The van der Waals surface area contributed by atoms with Crippen LogP contribution in [-0.4, -0.2) is 63.7 Å². The Labute approximate surface area is 202 Å². The maximum absolute atomic E-state index is 13.6. The number of carbonyl (C=O) groups excluding carboxylic acids is 2. The number of benzene rings is 2. The largest absolute Gasteiger partial charge is 0.495 e. The van der Waals surface area contributed by atoms with Gasteiger partial charge in [0.05, 0.1) is 19.1 Å². The molecule has 2 aromatic carbocycles. The first-order valence-corrected chi connectivity index (χ1v) is 13.2. The first-order valence-electron chi connectivity index (χ1n) is 11.3. The van der Waals surface area contributed by atoms with Crippen molar-refractivity contribution >= 4 is 27.5 Å². The number of nitrogens with one attached hydrogen (secondary N) is 1. The number of sulfonamides is 1. The highest BCUT2D eigenvalue weighted by atomic mass is 32.2. The Balaban J connectivity index is 2.39. The molecule has 0 aliphatic rings. The van der Waals surface area contributed by atoms with E-state index in [-0.39, 0.29) is 24.2 Å². The molecule has 1 atom stereocenters. The lowest BCUT2D eigenvalue weighted by Crippen LogP contribution is -2.54. The number of hydrogen-bond acceptors (Lipinski definition) is 5. The van der Waals surface area contributed by atoms with Crippen molar-refractivity contribution in [1.29, 1.82) is 0 Å². The molecule has 0 radical (unpaired) electrons. The van der Waals surface area contributed by atoms with Crippen LogP contribution in [0.4, 0.5) is 5.69 Å². The lowest BCUT2D eigenvalue weighted by Gasteiger charge is -2.33. The summed E-state index contributed by atoms with van der Waals surface area (Å²) in [5.74, 6) is -0.388. The highest BCUT2D eigenvalue weighted by Crippen LogP contribution is 2.29. The van der Waals surface area contributed by atoms with E-state index < -0.39 is 28.5 Å². The van der Waals surface area contributed by atoms with Crippen LogP contribution in [-0.2, 0) is 26.0 Å². The lowest BCUT2D eigenvalue weighted by molar-refractivity contribution is -0.139. The van der Waals surface area contributed by atoms with E-state index in [2.05, 4.69) is 5.32 Å². The Morgan fingerprint density at radius 1 is 1.03 bits per heavy atom. The average Bonchev–Trinajstić information content (AvgIpc) is 2.79. The monoisotopic (exact) mass is 489 g/mol. The van der Waals surface area contributed by atoms with E-state index in [0.717, 1.165) is 16.1 Å². The molecule has 0 fully saturated rings. The van der Waals surface area contributed by atoms with E-state index in [9.17, 15) is 18.0 Å². The van der Waals surface area contributed by atoms with Gasteiger partial charge in [-0.25, -0.2) is 8.42 Å². The van der Waals surface area contributed by atoms with Crippen molar-refractivity contribution < 1.29 is 22.7 Å². The van der Waals surface area contributed by atoms with Crippen LogP contribution >= 0.6 is 0 Å². The van der Waals surface area contributed by atoms with Crippen molar-refractivity contribution in [2.75, 3.05) is 30.8 Å². The van der Waals surface area contributed by atoms with E-state index >= 15 is 0 Å². The fraction of sp³-hybridized carbons (Fsp3) is 0.440. The van der Waals surface area contributed by atoms with Gasteiger partial charge in [0.2, 0.25) is 21.8 Å². The first kappa shape index (κ1) is 27.2. The summed E-state index contributed by atoms with van der Waals surface area (Å²) < 4.78 is 31.7. The zero-order valence-corrected chi connectivity index (χ0v) is 21.3. The number of para-hydroxylation sites is 2. The molecule has 9 heteroatoms. The van der Waals surface area contributed by atoms with Crippen molar-refractivity contribution in [2.24, 2.45) is 0 Å². The molecular formula is C25H35N3O5S. The molecule has 186 valence electrons. The van der Waals surface area contributed by atoms with E-state index in [1.807, 2.05) is 51.1 Å². The molecule has 8 nitrogen and oxygen atoms in total. The van der Waals surface area contributed by atoms with Crippen molar-refractivity contribution in [3.05, 3.63) is 60.2 Å². The van der Waals surface area contributed by atoms with Gasteiger partial charge >= 0.3 is 0 Å². The molecule has 0 heterocycles. The fourth-order valence-corrected chi connectivity index (χ4v) is 4.56. The number of methoxy groups -OCH3 is 1. The Morgan fingerprint density at radius 3 is 2.21 bits per heavy atom. The maximum atomic E-state index is 13.6. The van der Waals surface area contributed by atoms with Crippen LogP contribution < -0.4 is 14.4 Å². The molecule has 2 amide bonds. The van der Waals surface area contributed by atoms with Crippen LogP contribution in [0.25, 0.3) is 0 Å². The van der Waals surface area contributed by atoms with Crippen molar-refractivity contribution in [2.45, 2.75) is 45.7 Å². The normalized spacial score (nSPS) is 12.2. The molecular weight excluding hydrogens is 454 g/mol. The number of ether oxygens (including phenoxy) is 1. The van der Waals surface area contributed by atoms with Gasteiger partial charge in [0, 0.05) is 12.6 Å². The predicted molar refractivity (Wildman–Crippen MR) is 134 cm³/mol. The van der Waals surface area contributed by atoms with E-state index in [4.69, 9.17) is 4.74 Å². The molecule has 0 aliphatic carbocycles. The van der Waals surface area contributed by atoms with Crippen molar-refractivity contribution in [1.82, 2.24) is 10.2 Å². The third-order valence-electron chi connectivity index (χ3n) is 5.33. The van der Waals surface area contributed by atoms with E-state index in [1.54, 1.807) is 24.3 Å². The Bertz CT molecular complexity index is 1060. The average molecular weight is 490 g/mol. The lowest BCUT2D eigenvalue weighted by atomic mass is 10.1. The molecule has 0 bridgehead atoms. The summed E-state index contributed by atoms with van der Waals surface area (Å²) >= 11 is 0. The minimum absolute atomic E-state index is 0.0891. The molecule has 0 aromatic heterocycles. The summed E-state index contributed by atoms with van der Waals surface area (Å²) in [4.78, 5) is 28.0. The Kier molecular flexibility index (Phi) is 9.92. The molecule has 1 N–H and O–H groups in total. The quantitative estimate of drug-likeness (QED) is 0.495. The van der Waals surface area contributed by atoms with Gasteiger partial charge in [-0.1, -0.05) is 49.4 Å². The van der Waals surface area contributed by atoms with Gasteiger partial charge in [-0.2, -0.15) is 0 Å². The third-order valence-corrected chi connectivity index (χ3v) is 6.46. The van der Waals surface area contributed by atoms with Crippen LogP contribution in [0.1, 0.15) is 32.8 Å². The van der Waals surface area contributed by atoms with Crippen LogP contribution in [0.5, 0.6) is 5.75 Å². The summed E-state index contributed by atoms with van der Waals surface area (Å²) in [7, 11) is -2.37. The number of rotatable bonds is 12. The minimum atomic E-state index is -3.81. The standard InChI is InChI=1S/C25H35N3O5S/c1-6-21(25(30)26-19(2)3)27(17-16-20-12-8-7-9-13-20)24(29)18-28(34(5,31)32)22-14-10-11-15-23(22)33-4/h7-15,19,21H,6,16-18H2,1-5H3,(H,26,30). The highest BCUT2D eigenvalue weighted by molar-refractivity contribution is 7.92. The maximum Gasteiger partial charge on any atom is 0.244 e. The fourth-order valence-electron chi connectivity index (χ4n) is 3.71. The number of amides is 2. The summed E-state index contributed by atoms with van der Waals surface area (Å²) in [6.45, 7) is 5.37. The first-order chi connectivity index (χ1) is 16.1. The summed E-state index contributed by atoms with van der Waals surface area (Å²) in [5, 5.41) is 2.88. The van der Waals surface area contributed by atoms with E-state index in [1.165, 1.54) is 12.0 Å². The molecule has 2 rings (SSSR count). The van der Waals surface area contributed by atoms with Gasteiger partial charge in [-0.15, -0.1) is 0 Å². The van der Waals surface area contributed by atoms with Crippen LogP contribution in [0, 0.1) is 0 Å². The summed E-state index contributed by atoms with van der Waals surface area (Å²) in [6, 6.07) is 15.5. The van der Waals surface area contributed by atoms with Crippen LogP contribution in [0.2, 0.25) is 0 Å². The number of carbonyl (C=O) groups is 2. The predicted octanol–water partition coefficient (Wildman–Crippen LogP) is 2.84. The highest BCUT2D eigenvalue weighted by Gasteiger charge is 2.32. The zero-order valence-electron chi connectivity index (χ0n) is 20.5. The SMILES string of the molecule is CCC(C(=O)NC(C)C)N(CCc1ccccc1)C(=O)CN(c1ccccc1OC)S(C)(=O)=O. The Morgan fingerprint density at radius 2 is 1.65 bits per heavy atom. The van der Waals surface area contributed by atoms with Crippen LogP contribution in [0.15, 0.2) is 54.6 Å². The molecule has 0 saturated heterocycles. The molecule has 2 aromatic rings. The van der Waals surface area contributed by atoms with Crippen molar-refractivity contribution in [3.63, 3.8) is 0 Å². The van der Waals surface area contributed by atoms with Gasteiger partial charge in [-0.05, 0) is 44.4 Å². The number of hydrogen-bond donors (Lipinski definition) is 1. The summed E-state index contributed by atoms with van der Waals surface area (Å²) in [5.41, 5.74) is 1.28. The van der Waals surface area contributed by atoms with Gasteiger partial charge in [0.25, 0.3) is 0 Å². The second-order valence-electron chi connectivity index (χ2n) is 8.35. The second kappa shape index (κ2) is 12.4. The number of anilines is 1. The molecule has 34 heavy (non-hydrogen) atoms. The minimum Gasteiger partial charge on any atom is -0.495 e. The number of nitrogens with zero attached hydrogens (tertiary/aromatic N) is 2. The third kappa shape index (κ3) is 7.48. The second-order valence-corrected chi connectivity index (χ2v) is 10.3. The van der Waals surface area contributed by atoms with Gasteiger partial charge in [0.15, 0.2) is 0 Å². The molecule has 1 unspecified atom stereocenters. The van der Waals surface area contributed by atoms with Gasteiger partial charge < -0.3 is 15.0 Å². The summed E-state index contributed by atoms with van der Waals surface area (Å²) in [6.07, 6.45) is 1.97. The smallest absolute Gasteiger partial charge is 0.244 e. The van der Waals surface area contributed by atoms with E-state index in [0.29, 0.717) is 18.6 Å². The van der Waals surface area contributed by atoms with Gasteiger partial charge in [-0.3, -0.25) is 13.9 Å². The van der Waals surface area contributed by atoms with Crippen LogP contribution in [0.3, 0.4) is 0 Å². The zero-order chi connectivity index (χ0) is 25.3. The van der Waals surface area contributed by atoms with Crippen molar-refractivity contribution in [3.8, 4) is 5.75 Å². The molecule has 0 spiro atoms. The Hall–Kier alpha value is -3.07. The topological polar surface area (TPSA) is 96.0 Å².